The number of nitrogens with one attached hydrogen (secondary N) is 1. The molecule has 0 rings (SSSR count). The Labute approximate surface area is 416 Å². The Bertz CT molecular complexity index is 879. The van der Waals surface area contributed by atoms with Crippen molar-refractivity contribution in [3.63, 3.8) is 0 Å². The Balaban J connectivity index is 4.50. The van der Waals surface area contributed by atoms with Gasteiger partial charge < -0.3 is 14.7 Å². The quantitative estimate of drug-likeness (QED) is 0.0240. The van der Waals surface area contributed by atoms with Crippen molar-refractivity contribution in [1.29, 1.82) is 0 Å². The molecule has 10 heteroatoms. The minimum atomic E-state index is -3.35. The molecule has 0 saturated heterocycles. The van der Waals surface area contributed by atoms with Gasteiger partial charge in [0.2, 0.25) is 0 Å². The first kappa shape index (κ1) is 65.7. The first-order valence-electron chi connectivity index (χ1n) is 28.5. The number of likely N-dealkylation sites (N-methyl/N-ethyl adjacent to an activating group) is 1. The van der Waals surface area contributed by atoms with Crippen LogP contribution in [0, 0.1) is 7.05 Å². The Morgan fingerprint density at radius 2 is 0.754 bits per heavy atom. The lowest BCUT2D eigenvalue weighted by atomic mass is 10.0. The summed E-state index contributed by atoms with van der Waals surface area (Å²) in [6.07, 6.45) is 51.3. The summed E-state index contributed by atoms with van der Waals surface area (Å²) in [7, 11) is 4.91. The number of aliphatic hydroxyl groups excluding tert-OH is 2. The van der Waals surface area contributed by atoms with Crippen LogP contribution < -0.4 is 5.09 Å². The van der Waals surface area contributed by atoms with Crippen molar-refractivity contribution in [2.24, 2.45) is 0 Å². The summed E-state index contributed by atoms with van der Waals surface area (Å²) in [6, 6.07) is 0. The van der Waals surface area contributed by atoms with Crippen LogP contribution in [-0.4, -0.2) is 90.3 Å². The Kier molecular flexibility index (Phi) is 51.6. The fourth-order valence-corrected chi connectivity index (χ4v) is 12.7. The molecular weight excluding hydrogens is 864 g/mol. The van der Waals surface area contributed by atoms with Gasteiger partial charge in [-0.15, -0.1) is 7.05 Å². The number of hydrogen-bond donors (Lipinski definition) is 3. The predicted molar refractivity (Wildman–Crippen MR) is 293 cm³/mol. The molecule has 0 saturated carbocycles. The van der Waals surface area contributed by atoms with E-state index in [-0.39, 0.29) is 0 Å². The summed E-state index contributed by atoms with van der Waals surface area (Å²) in [6.45, 7) is 7.54. The maximum absolute atomic E-state index is 13.8. The van der Waals surface area contributed by atoms with Gasteiger partial charge in [-0.1, -0.05) is 206 Å². The fraction of sp³-hybridized carbons (Fsp3) is 0.982. The second-order valence-electron chi connectivity index (χ2n) is 20.3. The maximum atomic E-state index is 13.8. The van der Waals surface area contributed by atoms with Crippen molar-refractivity contribution >= 4 is 31.3 Å². The normalized spacial score (nSPS) is 14.0. The molecule has 2 unspecified atom stereocenters. The molecule has 0 amide bonds. The zero-order valence-corrected chi connectivity index (χ0v) is 46.7. The fourth-order valence-electron chi connectivity index (χ4n) is 8.62. The number of thioether (sulfide) groups is 2. The third kappa shape index (κ3) is 50.9. The summed E-state index contributed by atoms with van der Waals surface area (Å²) < 4.78 is 26.4. The Morgan fingerprint density at radius 1 is 0.462 bits per heavy atom. The lowest BCUT2D eigenvalue weighted by Gasteiger charge is -2.33. The van der Waals surface area contributed by atoms with Crippen molar-refractivity contribution in [2.75, 3.05) is 65.1 Å². The molecule has 0 aliphatic carbocycles. The highest BCUT2D eigenvalue weighted by Crippen LogP contribution is 2.44. The summed E-state index contributed by atoms with van der Waals surface area (Å²) >= 11 is 4.48. The van der Waals surface area contributed by atoms with Gasteiger partial charge in [0.15, 0.2) is 0 Å². The minimum absolute atomic E-state index is 0.337. The highest BCUT2D eigenvalue weighted by atomic mass is 32.2. The SMILES string of the molecule is [CH2-][N+](C)(C)CCNP(=O)(OCCCCCCCCC(CCCCCCCCC)SCCCCCCCO)OCCCCCCCCC(CCCCCCCCC)SCCCCCCCO. The Morgan fingerprint density at radius 3 is 1.08 bits per heavy atom. The second-order valence-corrected chi connectivity index (χ2v) is 25.0. The summed E-state index contributed by atoms with van der Waals surface area (Å²) in [5.74, 6) is 2.59. The molecule has 392 valence electrons. The van der Waals surface area contributed by atoms with E-state index in [0.29, 0.717) is 37.5 Å². The zero-order valence-electron chi connectivity index (χ0n) is 44.1. The summed E-state index contributed by atoms with van der Waals surface area (Å²) in [5, 5.41) is 22.9. The van der Waals surface area contributed by atoms with E-state index in [4.69, 9.17) is 19.3 Å². The molecule has 2 atom stereocenters. The molecule has 0 aromatic heterocycles. The molecule has 0 radical (unpaired) electrons. The standard InChI is InChI=1S/C55H115N2O5PS2/c1-6-8-10-12-14-22-32-42-54(64-52-40-30-20-26-36-48-58)44-34-24-16-18-28-38-50-61-63(60,56-46-47-57(3,4)5)62-51-39-29-19-17-25-35-45-55(43-33-23-15-13-11-9-7-2)65-53-41-31-21-27-37-49-59/h54-55,58-59H,3,6-53H2,1-2,4-5H3,(H,56,60). The van der Waals surface area contributed by atoms with Gasteiger partial charge in [0.25, 0.3) is 0 Å². The van der Waals surface area contributed by atoms with Gasteiger partial charge in [0.05, 0.1) is 26.3 Å². The smallest absolute Gasteiger partial charge is 0.405 e. The molecule has 0 bridgehead atoms. The van der Waals surface area contributed by atoms with E-state index in [2.05, 4.69) is 49.5 Å². The van der Waals surface area contributed by atoms with Gasteiger partial charge in [0, 0.05) is 37.8 Å². The number of nitrogens with zero attached hydrogens (tertiary/aromatic N) is 1. The lowest BCUT2D eigenvalue weighted by Crippen LogP contribution is -2.38. The number of aliphatic hydroxyl groups is 2. The van der Waals surface area contributed by atoms with Crippen molar-refractivity contribution in [1.82, 2.24) is 5.09 Å². The van der Waals surface area contributed by atoms with Crippen LogP contribution in [0.1, 0.15) is 271 Å². The van der Waals surface area contributed by atoms with Crippen molar-refractivity contribution in [2.45, 2.75) is 281 Å². The lowest BCUT2D eigenvalue weighted by molar-refractivity contribution is -0.844. The zero-order chi connectivity index (χ0) is 47.6. The molecule has 0 aromatic rings. The predicted octanol–water partition coefficient (Wildman–Crippen LogP) is 17.4. The second kappa shape index (κ2) is 51.1. The molecular formula is C55H115N2O5PS2. The first-order chi connectivity index (χ1) is 31.7. The van der Waals surface area contributed by atoms with Crippen molar-refractivity contribution in [3.05, 3.63) is 7.05 Å². The average Bonchev–Trinajstić information content (AvgIpc) is 3.28. The van der Waals surface area contributed by atoms with E-state index >= 15 is 0 Å². The highest BCUT2D eigenvalue weighted by molar-refractivity contribution is 8.00. The van der Waals surface area contributed by atoms with E-state index < -0.39 is 7.75 Å². The van der Waals surface area contributed by atoms with E-state index in [1.165, 1.54) is 230 Å². The number of rotatable bonds is 56. The molecule has 0 aliphatic heterocycles. The van der Waals surface area contributed by atoms with Crippen LogP contribution in [0.3, 0.4) is 0 Å². The van der Waals surface area contributed by atoms with Gasteiger partial charge >= 0.3 is 7.75 Å². The molecule has 0 fully saturated rings. The molecule has 0 heterocycles. The van der Waals surface area contributed by atoms with Crippen LogP contribution in [-0.2, 0) is 13.6 Å². The summed E-state index contributed by atoms with van der Waals surface area (Å²) in [4.78, 5) is 0. The van der Waals surface area contributed by atoms with Crippen LogP contribution in [0.25, 0.3) is 0 Å². The van der Waals surface area contributed by atoms with E-state index in [9.17, 15) is 4.57 Å². The van der Waals surface area contributed by atoms with Crippen LogP contribution in [0.4, 0.5) is 0 Å². The van der Waals surface area contributed by atoms with Gasteiger partial charge in [0.1, 0.15) is 0 Å². The molecule has 3 N–H and O–H groups in total. The highest BCUT2D eigenvalue weighted by Gasteiger charge is 2.24. The maximum Gasteiger partial charge on any atom is 0.405 e. The van der Waals surface area contributed by atoms with Crippen LogP contribution >= 0.6 is 31.3 Å². The van der Waals surface area contributed by atoms with E-state index in [0.717, 1.165) is 55.6 Å². The van der Waals surface area contributed by atoms with Gasteiger partial charge in [-0.25, -0.2) is 9.65 Å². The largest absolute Gasteiger partial charge is 0.461 e. The van der Waals surface area contributed by atoms with Gasteiger partial charge in [-0.2, -0.15) is 23.5 Å². The average molecular weight is 980 g/mol. The van der Waals surface area contributed by atoms with Crippen LogP contribution in [0.15, 0.2) is 0 Å². The third-order valence-electron chi connectivity index (χ3n) is 13.0. The first-order valence-corrected chi connectivity index (χ1v) is 32.1. The van der Waals surface area contributed by atoms with Crippen molar-refractivity contribution < 1.29 is 28.3 Å². The molecule has 7 nitrogen and oxygen atoms in total. The van der Waals surface area contributed by atoms with Gasteiger partial charge in [-0.05, 0) is 75.7 Å². The van der Waals surface area contributed by atoms with E-state index in [1.54, 1.807) is 0 Å². The van der Waals surface area contributed by atoms with Crippen LogP contribution in [0.5, 0.6) is 0 Å². The third-order valence-corrected chi connectivity index (χ3v) is 17.5. The number of quaternary nitrogens is 1. The van der Waals surface area contributed by atoms with Gasteiger partial charge in [-0.3, -0.25) is 9.05 Å². The molecule has 0 aliphatic rings. The number of unbranched alkanes of at least 4 members (excludes halogenated alkanes) is 30. The number of hydrogen-bond acceptors (Lipinski definition) is 7. The monoisotopic (exact) mass is 979 g/mol. The topological polar surface area (TPSA) is 88.0 Å². The Hall–Kier alpha value is 0.690. The molecule has 0 spiro atoms. The van der Waals surface area contributed by atoms with Crippen molar-refractivity contribution in [3.8, 4) is 0 Å². The van der Waals surface area contributed by atoms with E-state index in [1.807, 2.05) is 14.1 Å². The summed E-state index contributed by atoms with van der Waals surface area (Å²) in [5.41, 5.74) is 0. The van der Waals surface area contributed by atoms with Crippen LogP contribution in [0.2, 0.25) is 0 Å². The molecule has 65 heavy (non-hydrogen) atoms. The molecule has 0 aromatic carbocycles. The minimum Gasteiger partial charge on any atom is -0.461 e.